The van der Waals surface area contributed by atoms with Crippen molar-refractivity contribution in [1.82, 2.24) is 5.32 Å². The van der Waals surface area contributed by atoms with Gasteiger partial charge < -0.3 is 21.3 Å². The fourth-order valence-corrected chi connectivity index (χ4v) is 0.233. The van der Waals surface area contributed by atoms with Gasteiger partial charge in [-0.15, -0.1) is 0 Å². The van der Waals surface area contributed by atoms with E-state index in [-0.39, 0.29) is 5.11 Å². The van der Waals surface area contributed by atoms with Crippen molar-refractivity contribution in [3.05, 3.63) is 0 Å². The summed E-state index contributed by atoms with van der Waals surface area (Å²) in [5, 5.41) is 17.8. The van der Waals surface area contributed by atoms with Gasteiger partial charge in [-0.2, -0.15) is 0 Å². The van der Waals surface area contributed by atoms with Crippen LogP contribution in [0.15, 0.2) is 0 Å². The van der Waals surface area contributed by atoms with Crippen molar-refractivity contribution in [3.63, 3.8) is 0 Å². The van der Waals surface area contributed by atoms with Gasteiger partial charge in [-0.1, -0.05) is 0 Å². The molecule has 0 aromatic carbocycles. The second-order valence-corrected chi connectivity index (χ2v) is 1.32. The highest BCUT2D eigenvalue weighted by atomic mass is 32.1. The quantitative estimate of drug-likeness (QED) is 0.241. The molecule has 42 valence electrons. The fraction of sp³-hybridized carbons (Fsp3) is 0.500. The normalized spacial score (nSPS) is 9.00. The number of aliphatic hydroxyl groups is 2. The highest BCUT2D eigenvalue weighted by Gasteiger charge is 1.91. The van der Waals surface area contributed by atoms with Crippen molar-refractivity contribution in [2.45, 2.75) is 6.41 Å². The molecule has 0 atom stereocenters. The largest absolute Gasteiger partial charge is 0.376 e. The van der Waals surface area contributed by atoms with Crippen LogP contribution >= 0.6 is 12.2 Å². The predicted octanol–water partition coefficient (Wildman–Crippen LogP) is -1.91. The van der Waals surface area contributed by atoms with Gasteiger partial charge in [0.15, 0.2) is 5.11 Å². The third-order valence-corrected chi connectivity index (χ3v) is 0.389. The summed E-state index contributed by atoms with van der Waals surface area (Å²) in [6, 6.07) is 0. The molecule has 5 heteroatoms. The first kappa shape index (κ1) is 6.61. The minimum absolute atomic E-state index is 0.130. The first-order chi connectivity index (χ1) is 3.13. The Balaban J connectivity index is 3.13. The molecular weight excluding hydrogens is 116 g/mol. The Morgan fingerprint density at radius 3 is 2.14 bits per heavy atom. The molecule has 0 aromatic heterocycles. The van der Waals surface area contributed by atoms with E-state index in [1.54, 1.807) is 0 Å². The molecule has 5 N–H and O–H groups in total. The Morgan fingerprint density at radius 1 is 1.71 bits per heavy atom. The van der Waals surface area contributed by atoms with Gasteiger partial charge in [0.25, 0.3) is 0 Å². The van der Waals surface area contributed by atoms with Gasteiger partial charge in [-0.05, 0) is 12.2 Å². The lowest BCUT2D eigenvalue weighted by Gasteiger charge is -2.02. The maximum atomic E-state index is 8.00. The number of hydrogen-bond acceptors (Lipinski definition) is 3. The van der Waals surface area contributed by atoms with E-state index in [1.165, 1.54) is 0 Å². The number of nitrogens with two attached hydrogens (primary N) is 1. The van der Waals surface area contributed by atoms with Crippen LogP contribution in [-0.4, -0.2) is 21.7 Å². The molecule has 0 unspecified atom stereocenters. The Kier molecular flexibility index (Phi) is 2.58. The third-order valence-electron chi connectivity index (χ3n) is 0.271. The molecule has 0 spiro atoms. The van der Waals surface area contributed by atoms with Gasteiger partial charge in [-0.25, -0.2) is 0 Å². The highest BCUT2D eigenvalue weighted by molar-refractivity contribution is 7.80. The second kappa shape index (κ2) is 2.73. The lowest BCUT2D eigenvalue weighted by Crippen LogP contribution is -2.37. The van der Waals surface area contributed by atoms with Crippen molar-refractivity contribution in [3.8, 4) is 0 Å². The van der Waals surface area contributed by atoms with E-state index in [0.29, 0.717) is 0 Å². The SMILES string of the molecule is NC(=S)NC(O)O. The zero-order valence-corrected chi connectivity index (χ0v) is 4.27. The first-order valence-electron chi connectivity index (χ1n) is 1.55. The third kappa shape index (κ3) is 5.61. The van der Waals surface area contributed by atoms with Crippen LogP contribution < -0.4 is 11.1 Å². The molecule has 0 rings (SSSR count). The van der Waals surface area contributed by atoms with Gasteiger partial charge in [0.2, 0.25) is 6.41 Å². The van der Waals surface area contributed by atoms with Gasteiger partial charge in [0.05, 0.1) is 0 Å². The topological polar surface area (TPSA) is 78.5 Å². The summed E-state index contributed by atoms with van der Waals surface area (Å²) in [5.74, 6) is 0. The predicted molar refractivity (Wildman–Crippen MR) is 28.1 cm³/mol. The molecular formula is C2H6N2O2S. The smallest absolute Gasteiger partial charge is 0.234 e. The van der Waals surface area contributed by atoms with Crippen LogP contribution in [0.2, 0.25) is 0 Å². The van der Waals surface area contributed by atoms with E-state index < -0.39 is 6.41 Å². The highest BCUT2D eigenvalue weighted by Crippen LogP contribution is 1.61. The molecule has 0 aliphatic carbocycles. The monoisotopic (exact) mass is 122 g/mol. The number of nitrogens with one attached hydrogen (secondary N) is 1. The Morgan fingerprint density at radius 2 is 2.14 bits per heavy atom. The summed E-state index contributed by atoms with van der Waals surface area (Å²) < 4.78 is 0. The molecule has 0 aliphatic rings. The van der Waals surface area contributed by atoms with Gasteiger partial charge in [0, 0.05) is 0 Å². The summed E-state index contributed by atoms with van der Waals surface area (Å²) in [4.78, 5) is 0. The Labute approximate surface area is 45.9 Å². The average Bonchev–Trinajstić information content (AvgIpc) is 1.27. The maximum absolute atomic E-state index is 8.00. The number of rotatable bonds is 1. The van der Waals surface area contributed by atoms with Crippen LogP contribution in [0.5, 0.6) is 0 Å². The van der Waals surface area contributed by atoms with Crippen LogP contribution in [0.3, 0.4) is 0 Å². The summed E-state index contributed by atoms with van der Waals surface area (Å²) in [5.41, 5.74) is 4.79. The molecule has 4 nitrogen and oxygen atoms in total. The molecule has 0 saturated heterocycles. The Bertz CT molecular complexity index is 74.1. The molecule has 0 aliphatic heterocycles. The van der Waals surface area contributed by atoms with E-state index in [0.717, 1.165) is 0 Å². The molecule has 0 fully saturated rings. The maximum Gasteiger partial charge on any atom is 0.234 e. The van der Waals surface area contributed by atoms with Crippen molar-refractivity contribution in [2.75, 3.05) is 0 Å². The van der Waals surface area contributed by atoms with Gasteiger partial charge in [-0.3, -0.25) is 0 Å². The summed E-state index contributed by atoms with van der Waals surface area (Å²) in [6.07, 6.45) is -1.64. The molecule has 0 bridgehead atoms. The number of hydrogen-bond donors (Lipinski definition) is 4. The summed E-state index contributed by atoms with van der Waals surface area (Å²) in [6.45, 7) is 0. The number of aliphatic hydroxyl groups excluding tert-OH is 1. The van der Waals surface area contributed by atoms with Crippen LogP contribution in [0, 0.1) is 0 Å². The lowest BCUT2D eigenvalue weighted by atomic mass is 11.0. The molecule has 0 heterocycles. The van der Waals surface area contributed by atoms with E-state index in [1.807, 2.05) is 5.32 Å². The molecule has 7 heavy (non-hydrogen) atoms. The summed E-state index contributed by atoms with van der Waals surface area (Å²) >= 11 is 4.22. The van der Waals surface area contributed by atoms with E-state index in [2.05, 4.69) is 12.2 Å². The zero-order chi connectivity index (χ0) is 5.86. The van der Waals surface area contributed by atoms with Crippen molar-refractivity contribution < 1.29 is 10.2 Å². The average molecular weight is 122 g/mol. The van der Waals surface area contributed by atoms with Crippen molar-refractivity contribution >= 4 is 17.3 Å². The molecule has 0 aromatic rings. The van der Waals surface area contributed by atoms with Crippen LogP contribution in [-0.2, 0) is 0 Å². The van der Waals surface area contributed by atoms with E-state index in [4.69, 9.17) is 15.9 Å². The lowest BCUT2D eigenvalue weighted by molar-refractivity contribution is -0.0505. The first-order valence-corrected chi connectivity index (χ1v) is 1.96. The molecule has 0 saturated carbocycles. The number of thiocarbonyl (C=S) groups is 1. The van der Waals surface area contributed by atoms with Crippen molar-refractivity contribution in [2.24, 2.45) is 5.73 Å². The minimum atomic E-state index is -1.64. The van der Waals surface area contributed by atoms with Crippen LogP contribution in [0.25, 0.3) is 0 Å². The molecule has 0 radical (unpaired) electrons. The van der Waals surface area contributed by atoms with Crippen LogP contribution in [0.4, 0.5) is 0 Å². The Hall–Kier alpha value is -0.390. The second-order valence-electron chi connectivity index (χ2n) is 0.882. The standard InChI is InChI=1S/C2H6N2O2S/c3-1(7)4-2(5)6/h2,5-6H,(H3,3,4,7). The van der Waals surface area contributed by atoms with Crippen LogP contribution in [0.1, 0.15) is 0 Å². The zero-order valence-electron chi connectivity index (χ0n) is 3.46. The minimum Gasteiger partial charge on any atom is -0.376 e. The summed E-state index contributed by atoms with van der Waals surface area (Å²) in [7, 11) is 0. The van der Waals surface area contributed by atoms with Gasteiger partial charge >= 0.3 is 0 Å². The molecule has 0 amide bonds. The van der Waals surface area contributed by atoms with E-state index in [9.17, 15) is 0 Å². The van der Waals surface area contributed by atoms with Crippen molar-refractivity contribution in [1.29, 1.82) is 0 Å². The van der Waals surface area contributed by atoms with Gasteiger partial charge in [0.1, 0.15) is 0 Å². The van der Waals surface area contributed by atoms with E-state index >= 15 is 0 Å². The fourth-order valence-electron chi connectivity index (χ4n) is 0.127.